The number of nitrogens with one attached hydrogen (secondary N) is 1. The zero-order chi connectivity index (χ0) is 16.4. The molecule has 2 aromatic carbocycles. The SMILES string of the molecule is O=C(O)COc1ccc([N+](=O)[O-])cc1-c1nc2ccccc2[nH]1. The lowest BCUT2D eigenvalue weighted by atomic mass is 10.1. The van der Waals surface area contributed by atoms with Crippen LogP contribution in [0.15, 0.2) is 42.5 Å². The first-order valence-electron chi connectivity index (χ1n) is 6.63. The summed E-state index contributed by atoms with van der Waals surface area (Å²) in [5, 5.41) is 19.7. The lowest BCUT2D eigenvalue weighted by Crippen LogP contribution is -2.10. The number of imidazole rings is 1. The molecule has 0 aliphatic heterocycles. The molecule has 0 aliphatic carbocycles. The third-order valence-corrected chi connectivity index (χ3v) is 3.17. The van der Waals surface area contributed by atoms with Crippen LogP contribution in [0.25, 0.3) is 22.4 Å². The predicted molar refractivity (Wildman–Crippen MR) is 81.3 cm³/mol. The molecular weight excluding hydrogens is 302 g/mol. The standard InChI is InChI=1S/C15H11N3O5/c19-14(20)8-23-13-6-5-9(18(21)22)7-10(13)15-16-11-3-1-2-4-12(11)17-15/h1-7H,8H2,(H,16,17)(H,19,20). The van der Waals surface area contributed by atoms with Crippen molar-refractivity contribution in [1.29, 1.82) is 0 Å². The molecule has 3 rings (SSSR count). The molecule has 0 atom stereocenters. The molecule has 8 heteroatoms. The molecule has 0 spiro atoms. The molecule has 3 aromatic rings. The molecule has 0 bridgehead atoms. The van der Waals surface area contributed by atoms with E-state index in [9.17, 15) is 14.9 Å². The fraction of sp³-hybridized carbons (Fsp3) is 0.0667. The Morgan fingerprint density at radius 2 is 2.09 bits per heavy atom. The fourth-order valence-electron chi connectivity index (χ4n) is 2.16. The van der Waals surface area contributed by atoms with Gasteiger partial charge in [0.2, 0.25) is 0 Å². The van der Waals surface area contributed by atoms with E-state index < -0.39 is 17.5 Å². The quantitative estimate of drug-likeness (QED) is 0.552. The summed E-state index contributed by atoms with van der Waals surface area (Å²) in [7, 11) is 0. The Hall–Kier alpha value is -3.42. The number of para-hydroxylation sites is 2. The van der Waals surface area contributed by atoms with E-state index in [0.29, 0.717) is 16.9 Å². The molecule has 0 saturated heterocycles. The van der Waals surface area contributed by atoms with Crippen molar-refractivity contribution in [1.82, 2.24) is 9.97 Å². The maximum Gasteiger partial charge on any atom is 0.341 e. The van der Waals surface area contributed by atoms with Gasteiger partial charge in [-0.1, -0.05) is 12.1 Å². The van der Waals surface area contributed by atoms with Crippen LogP contribution in [-0.2, 0) is 4.79 Å². The number of carbonyl (C=O) groups is 1. The lowest BCUT2D eigenvalue weighted by Gasteiger charge is -2.08. The van der Waals surface area contributed by atoms with Crippen molar-refractivity contribution in [3.8, 4) is 17.1 Å². The van der Waals surface area contributed by atoms with Gasteiger partial charge in [0.05, 0.1) is 21.5 Å². The number of fused-ring (bicyclic) bond motifs is 1. The Morgan fingerprint density at radius 1 is 1.30 bits per heavy atom. The molecule has 0 fully saturated rings. The van der Waals surface area contributed by atoms with E-state index in [0.717, 1.165) is 5.52 Å². The van der Waals surface area contributed by atoms with Crippen LogP contribution in [0, 0.1) is 10.1 Å². The van der Waals surface area contributed by atoms with Gasteiger partial charge in [0.25, 0.3) is 5.69 Å². The van der Waals surface area contributed by atoms with E-state index in [2.05, 4.69) is 9.97 Å². The minimum Gasteiger partial charge on any atom is -0.481 e. The molecular formula is C15H11N3O5. The van der Waals surface area contributed by atoms with Crippen LogP contribution in [0.4, 0.5) is 5.69 Å². The van der Waals surface area contributed by atoms with E-state index in [1.165, 1.54) is 18.2 Å². The maximum absolute atomic E-state index is 11.0. The number of hydrogen-bond acceptors (Lipinski definition) is 5. The first kappa shape index (κ1) is 14.5. The van der Waals surface area contributed by atoms with E-state index in [1.54, 1.807) is 6.07 Å². The van der Waals surface area contributed by atoms with Crippen LogP contribution < -0.4 is 4.74 Å². The summed E-state index contributed by atoms with van der Waals surface area (Å²) in [5.41, 5.74) is 1.65. The van der Waals surface area contributed by atoms with Crippen LogP contribution >= 0.6 is 0 Å². The number of non-ortho nitro benzene ring substituents is 1. The maximum atomic E-state index is 11.0. The second-order valence-corrected chi connectivity index (χ2v) is 4.72. The number of carboxylic acids is 1. The fourth-order valence-corrected chi connectivity index (χ4v) is 2.16. The van der Waals surface area contributed by atoms with Gasteiger partial charge in [-0.25, -0.2) is 9.78 Å². The van der Waals surface area contributed by atoms with Gasteiger partial charge in [-0.05, 0) is 18.2 Å². The third kappa shape index (κ3) is 2.95. The minimum absolute atomic E-state index is 0.136. The number of nitrogens with zero attached hydrogens (tertiary/aromatic N) is 2. The van der Waals surface area contributed by atoms with Crippen molar-refractivity contribution in [3.05, 3.63) is 52.6 Å². The highest BCUT2D eigenvalue weighted by Gasteiger charge is 2.17. The summed E-state index contributed by atoms with van der Waals surface area (Å²) in [6, 6.07) is 11.2. The van der Waals surface area contributed by atoms with Crippen LogP contribution in [0.5, 0.6) is 5.75 Å². The normalized spacial score (nSPS) is 10.6. The summed E-state index contributed by atoms with van der Waals surface area (Å²) in [4.78, 5) is 28.5. The van der Waals surface area contributed by atoms with Crippen LogP contribution in [-0.4, -0.2) is 32.6 Å². The van der Waals surface area contributed by atoms with E-state index in [4.69, 9.17) is 9.84 Å². The van der Waals surface area contributed by atoms with Gasteiger partial charge in [0, 0.05) is 12.1 Å². The van der Waals surface area contributed by atoms with Gasteiger partial charge >= 0.3 is 5.97 Å². The van der Waals surface area contributed by atoms with E-state index in [-0.39, 0.29) is 11.4 Å². The van der Waals surface area contributed by atoms with Crippen molar-refractivity contribution in [2.24, 2.45) is 0 Å². The molecule has 0 amide bonds. The minimum atomic E-state index is -1.14. The number of nitro groups is 1. The number of aliphatic carboxylic acids is 1. The van der Waals surface area contributed by atoms with Gasteiger partial charge in [0.1, 0.15) is 11.6 Å². The van der Waals surface area contributed by atoms with Crippen molar-refractivity contribution >= 4 is 22.7 Å². The Labute approximate surface area is 129 Å². The largest absolute Gasteiger partial charge is 0.481 e. The first-order chi connectivity index (χ1) is 11.0. The number of aromatic nitrogens is 2. The van der Waals surface area contributed by atoms with Crippen molar-refractivity contribution in [3.63, 3.8) is 0 Å². The van der Waals surface area contributed by atoms with Gasteiger partial charge in [0.15, 0.2) is 6.61 Å². The van der Waals surface area contributed by atoms with Crippen molar-refractivity contribution in [2.45, 2.75) is 0 Å². The number of carboxylic acid groups (broad SMARTS) is 1. The Balaban J connectivity index is 2.11. The monoisotopic (exact) mass is 313 g/mol. The average molecular weight is 313 g/mol. The highest BCUT2D eigenvalue weighted by Crippen LogP contribution is 2.33. The number of aromatic amines is 1. The Morgan fingerprint density at radius 3 is 2.78 bits per heavy atom. The highest BCUT2D eigenvalue weighted by molar-refractivity contribution is 5.81. The van der Waals surface area contributed by atoms with Gasteiger partial charge in [-0.2, -0.15) is 0 Å². The number of H-pyrrole nitrogens is 1. The second-order valence-electron chi connectivity index (χ2n) is 4.72. The molecule has 0 radical (unpaired) electrons. The third-order valence-electron chi connectivity index (χ3n) is 3.17. The summed E-state index contributed by atoms with van der Waals surface area (Å²) in [6.07, 6.45) is 0. The molecule has 0 saturated carbocycles. The molecule has 8 nitrogen and oxygen atoms in total. The molecule has 0 unspecified atom stereocenters. The number of nitro benzene ring substituents is 1. The van der Waals surface area contributed by atoms with Gasteiger partial charge in [-0.3, -0.25) is 10.1 Å². The van der Waals surface area contributed by atoms with E-state index >= 15 is 0 Å². The van der Waals surface area contributed by atoms with Crippen LogP contribution in [0.3, 0.4) is 0 Å². The van der Waals surface area contributed by atoms with Crippen LogP contribution in [0.2, 0.25) is 0 Å². The summed E-state index contributed by atoms with van der Waals surface area (Å²) in [5.74, 6) is -0.564. The zero-order valence-electron chi connectivity index (χ0n) is 11.7. The average Bonchev–Trinajstić information content (AvgIpc) is 2.96. The molecule has 1 aromatic heterocycles. The number of benzene rings is 2. The highest BCUT2D eigenvalue weighted by atomic mass is 16.6. The van der Waals surface area contributed by atoms with Gasteiger partial charge < -0.3 is 14.8 Å². The topological polar surface area (TPSA) is 118 Å². The predicted octanol–water partition coefficient (Wildman–Crippen LogP) is 2.60. The number of ether oxygens (including phenoxy) is 1. The molecule has 23 heavy (non-hydrogen) atoms. The smallest absolute Gasteiger partial charge is 0.341 e. The molecule has 116 valence electrons. The van der Waals surface area contributed by atoms with Crippen molar-refractivity contribution < 1.29 is 19.6 Å². The first-order valence-corrected chi connectivity index (χ1v) is 6.63. The van der Waals surface area contributed by atoms with E-state index in [1.807, 2.05) is 18.2 Å². The molecule has 1 heterocycles. The lowest BCUT2D eigenvalue weighted by molar-refractivity contribution is -0.384. The summed E-state index contributed by atoms with van der Waals surface area (Å²) < 4.78 is 5.20. The van der Waals surface area contributed by atoms with Gasteiger partial charge in [-0.15, -0.1) is 0 Å². The zero-order valence-corrected chi connectivity index (χ0v) is 11.7. The molecule has 0 aliphatic rings. The second kappa shape index (κ2) is 5.76. The summed E-state index contributed by atoms with van der Waals surface area (Å²) in [6.45, 7) is -0.551. The Kier molecular flexibility index (Phi) is 3.63. The van der Waals surface area contributed by atoms with Crippen molar-refractivity contribution in [2.75, 3.05) is 6.61 Å². The molecule has 2 N–H and O–H groups in total. The number of hydrogen-bond donors (Lipinski definition) is 2. The number of rotatable bonds is 5. The Bertz CT molecular complexity index is 870. The van der Waals surface area contributed by atoms with Crippen LogP contribution in [0.1, 0.15) is 0 Å². The summed E-state index contributed by atoms with van der Waals surface area (Å²) >= 11 is 0.